The molecule has 0 aliphatic rings. The van der Waals surface area contributed by atoms with Crippen molar-refractivity contribution in [2.75, 3.05) is 21.1 Å². The summed E-state index contributed by atoms with van der Waals surface area (Å²) in [5.41, 5.74) is 0.517. The van der Waals surface area contributed by atoms with Gasteiger partial charge in [0.2, 0.25) is 0 Å². The average molecular weight is 186 g/mol. The molecule has 0 saturated carbocycles. The number of quaternary nitrogens is 1. The third-order valence-electron chi connectivity index (χ3n) is 3.51. The molecule has 0 aliphatic carbocycles. The Bertz CT molecular complexity index is 127. The van der Waals surface area contributed by atoms with Gasteiger partial charge in [0.25, 0.3) is 0 Å². The molecule has 0 aromatic heterocycles. The Morgan fingerprint density at radius 3 is 1.38 bits per heavy atom. The summed E-state index contributed by atoms with van der Waals surface area (Å²) in [6.07, 6.45) is 6.65. The predicted molar refractivity (Wildman–Crippen MR) is 60.9 cm³/mol. The van der Waals surface area contributed by atoms with E-state index in [1.54, 1.807) is 0 Å². The van der Waals surface area contributed by atoms with Crippen LogP contribution in [0, 0.1) is 0 Å². The summed E-state index contributed by atoms with van der Waals surface area (Å²) in [5.74, 6) is 0. The van der Waals surface area contributed by atoms with Crippen molar-refractivity contribution in [3.05, 3.63) is 0 Å². The minimum absolute atomic E-state index is 0.517. The largest absolute Gasteiger partial charge is 0.326 e. The molecule has 0 heterocycles. The van der Waals surface area contributed by atoms with Crippen molar-refractivity contribution in [1.29, 1.82) is 0 Å². The normalized spacial score (nSPS) is 13.4. The fourth-order valence-corrected chi connectivity index (χ4v) is 2.55. The second kappa shape index (κ2) is 4.99. The van der Waals surface area contributed by atoms with Crippen LogP contribution in [0.25, 0.3) is 0 Å². The molecule has 0 rings (SSSR count). The summed E-state index contributed by atoms with van der Waals surface area (Å²) in [5, 5.41) is 0. The maximum atomic E-state index is 2.34. The zero-order valence-corrected chi connectivity index (χ0v) is 10.5. The van der Waals surface area contributed by atoms with E-state index in [1.165, 1.54) is 32.1 Å². The van der Waals surface area contributed by atoms with Crippen LogP contribution in [-0.2, 0) is 0 Å². The Balaban J connectivity index is 4.64. The second-order valence-corrected chi connectivity index (χ2v) is 5.09. The van der Waals surface area contributed by atoms with E-state index in [9.17, 15) is 0 Å². The van der Waals surface area contributed by atoms with Crippen LogP contribution in [0.15, 0.2) is 0 Å². The summed E-state index contributed by atoms with van der Waals surface area (Å²) in [6.45, 7) is 6.94. The molecular weight excluding hydrogens is 158 g/mol. The smallest absolute Gasteiger partial charge is 0.0983 e. The second-order valence-electron chi connectivity index (χ2n) is 5.09. The van der Waals surface area contributed by atoms with E-state index in [4.69, 9.17) is 0 Å². The molecule has 0 N–H and O–H groups in total. The van der Waals surface area contributed by atoms with Crippen molar-refractivity contribution in [1.82, 2.24) is 0 Å². The number of nitrogens with zero attached hydrogens (tertiary/aromatic N) is 1. The van der Waals surface area contributed by atoms with Crippen LogP contribution in [0.2, 0.25) is 0 Å². The van der Waals surface area contributed by atoms with E-state index in [0.29, 0.717) is 5.54 Å². The molecule has 0 amide bonds. The van der Waals surface area contributed by atoms with E-state index in [1.807, 2.05) is 0 Å². The number of hydrogen-bond acceptors (Lipinski definition) is 0. The van der Waals surface area contributed by atoms with Gasteiger partial charge in [0.1, 0.15) is 0 Å². The van der Waals surface area contributed by atoms with Crippen molar-refractivity contribution in [3.63, 3.8) is 0 Å². The van der Waals surface area contributed by atoms with Gasteiger partial charge in [0, 0.05) is 12.8 Å². The minimum Gasteiger partial charge on any atom is -0.326 e. The lowest BCUT2D eigenvalue weighted by atomic mass is 9.83. The van der Waals surface area contributed by atoms with Gasteiger partial charge in [-0.1, -0.05) is 33.6 Å². The minimum atomic E-state index is 0.517. The quantitative estimate of drug-likeness (QED) is 0.557. The Hall–Kier alpha value is -0.0400. The fraction of sp³-hybridized carbons (Fsp3) is 1.00. The highest BCUT2D eigenvalue weighted by Crippen LogP contribution is 2.32. The van der Waals surface area contributed by atoms with Gasteiger partial charge in [-0.15, -0.1) is 0 Å². The molecule has 80 valence electrons. The monoisotopic (exact) mass is 186 g/mol. The first kappa shape index (κ1) is 13.0. The van der Waals surface area contributed by atoms with Crippen LogP contribution >= 0.6 is 0 Å². The van der Waals surface area contributed by atoms with Crippen LogP contribution in [-0.4, -0.2) is 31.2 Å². The maximum Gasteiger partial charge on any atom is 0.0983 e. The van der Waals surface area contributed by atoms with Crippen LogP contribution in [0.4, 0.5) is 0 Å². The van der Waals surface area contributed by atoms with Gasteiger partial charge in [0.15, 0.2) is 0 Å². The first-order chi connectivity index (χ1) is 5.93. The lowest BCUT2D eigenvalue weighted by Gasteiger charge is -2.46. The van der Waals surface area contributed by atoms with E-state index in [2.05, 4.69) is 41.9 Å². The van der Waals surface area contributed by atoms with Crippen molar-refractivity contribution >= 4 is 0 Å². The van der Waals surface area contributed by atoms with Crippen LogP contribution in [0.1, 0.15) is 52.9 Å². The molecule has 0 aromatic rings. The highest BCUT2D eigenvalue weighted by atomic mass is 15.3. The molecular formula is C12H28N+. The molecule has 0 saturated heterocycles. The van der Waals surface area contributed by atoms with Crippen LogP contribution in [0.5, 0.6) is 0 Å². The van der Waals surface area contributed by atoms with Crippen molar-refractivity contribution in [2.45, 2.75) is 58.4 Å². The average Bonchev–Trinajstić information content (AvgIpc) is 2.02. The van der Waals surface area contributed by atoms with Crippen LogP contribution < -0.4 is 0 Å². The molecule has 1 heteroatoms. The first-order valence-corrected chi connectivity index (χ1v) is 5.75. The van der Waals surface area contributed by atoms with Gasteiger partial charge in [0.05, 0.1) is 26.7 Å². The maximum absolute atomic E-state index is 2.34. The molecule has 13 heavy (non-hydrogen) atoms. The van der Waals surface area contributed by atoms with Crippen molar-refractivity contribution in [2.24, 2.45) is 0 Å². The topological polar surface area (TPSA) is 0 Å². The van der Waals surface area contributed by atoms with E-state index in [0.717, 1.165) is 4.48 Å². The zero-order valence-electron chi connectivity index (χ0n) is 10.5. The summed E-state index contributed by atoms with van der Waals surface area (Å²) < 4.78 is 1.12. The van der Waals surface area contributed by atoms with Crippen molar-refractivity contribution < 1.29 is 4.48 Å². The lowest BCUT2D eigenvalue weighted by Crippen LogP contribution is -2.56. The van der Waals surface area contributed by atoms with Gasteiger partial charge in [-0.3, -0.25) is 0 Å². The molecule has 0 fully saturated rings. The molecule has 0 radical (unpaired) electrons. The Morgan fingerprint density at radius 2 is 1.23 bits per heavy atom. The van der Waals surface area contributed by atoms with Gasteiger partial charge >= 0.3 is 0 Å². The number of hydrogen-bond donors (Lipinski definition) is 0. The lowest BCUT2D eigenvalue weighted by molar-refractivity contribution is -0.925. The Kier molecular flexibility index (Phi) is 4.98. The Morgan fingerprint density at radius 1 is 0.846 bits per heavy atom. The Labute approximate surface area is 84.7 Å². The highest BCUT2D eigenvalue weighted by molar-refractivity contribution is 4.78. The molecule has 0 aromatic carbocycles. The zero-order chi connectivity index (χ0) is 10.5. The first-order valence-electron chi connectivity index (χ1n) is 5.75. The molecule has 0 unspecified atom stereocenters. The highest BCUT2D eigenvalue weighted by Gasteiger charge is 2.39. The third-order valence-corrected chi connectivity index (χ3v) is 3.51. The van der Waals surface area contributed by atoms with Gasteiger partial charge in [-0.2, -0.15) is 0 Å². The summed E-state index contributed by atoms with van der Waals surface area (Å²) >= 11 is 0. The molecule has 0 aliphatic heterocycles. The standard InChI is InChI=1S/C12H28N/c1-7-10-12(9-3,11-8-2)13(4,5)6/h7-11H2,1-6H3/q+1. The van der Waals surface area contributed by atoms with Gasteiger partial charge in [-0.25, -0.2) is 0 Å². The molecule has 0 atom stereocenters. The van der Waals surface area contributed by atoms with E-state index in [-0.39, 0.29) is 0 Å². The number of rotatable bonds is 6. The summed E-state index contributed by atoms with van der Waals surface area (Å²) in [4.78, 5) is 0. The van der Waals surface area contributed by atoms with E-state index < -0.39 is 0 Å². The predicted octanol–water partition coefficient (Wildman–Crippen LogP) is 3.44. The van der Waals surface area contributed by atoms with Crippen molar-refractivity contribution in [3.8, 4) is 0 Å². The molecule has 1 nitrogen and oxygen atoms in total. The van der Waals surface area contributed by atoms with Gasteiger partial charge < -0.3 is 4.48 Å². The van der Waals surface area contributed by atoms with Crippen LogP contribution in [0.3, 0.4) is 0 Å². The summed E-state index contributed by atoms with van der Waals surface area (Å²) in [6, 6.07) is 0. The third kappa shape index (κ3) is 2.98. The molecule has 0 spiro atoms. The van der Waals surface area contributed by atoms with E-state index >= 15 is 0 Å². The fourth-order valence-electron chi connectivity index (χ4n) is 2.55. The SMILES string of the molecule is CCCC(CC)(CCC)[N+](C)(C)C. The van der Waals surface area contributed by atoms with Gasteiger partial charge in [-0.05, 0) is 6.42 Å². The molecule has 0 bridgehead atoms. The summed E-state index contributed by atoms with van der Waals surface area (Å²) in [7, 11) is 7.03.